The van der Waals surface area contributed by atoms with E-state index in [0.29, 0.717) is 6.20 Å². The molecule has 0 saturated heterocycles. The van der Waals surface area contributed by atoms with Crippen LogP contribution in [0.1, 0.15) is 33.6 Å². The van der Waals surface area contributed by atoms with Gasteiger partial charge in [-0.05, 0) is 12.5 Å². The van der Waals surface area contributed by atoms with Crippen molar-refractivity contribution in [1.29, 1.82) is 0 Å². The molecule has 0 aromatic carbocycles. The summed E-state index contributed by atoms with van der Waals surface area (Å²) in [5.41, 5.74) is -4.76. The van der Waals surface area contributed by atoms with Crippen molar-refractivity contribution in [2.24, 2.45) is 0 Å². The Bertz CT molecular complexity index is 455. The van der Waals surface area contributed by atoms with Gasteiger partial charge in [0.25, 0.3) is 6.43 Å². The number of aromatic nitrogens is 1. The quantitative estimate of drug-likeness (QED) is 0.826. The van der Waals surface area contributed by atoms with Crippen LogP contribution in [0.2, 0.25) is 0 Å². The number of pyridine rings is 1. The number of alkyl halides is 5. The zero-order valence-electron chi connectivity index (χ0n) is 8.35. The van der Waals surface area contributed by atoms with Crippen LogP contribution in [0, 0.1) is 6.92 Å². The lowest BCUT2D eigenvalue weighted by atomic mass is 10.0. The maximum Gasteiger partial charge on any atom is 0.434 e. The van der Waals surface area contributed by atoms with E-state index >= 15 is 0 Å². The monoisotopic (exact) mass is 255 g/mol. The first-order valence-corrected chi connectivity index (χ1v) is 4.24. The number of aromatic carboxylic acids is 1. The Labute approximate surface area is 91.9 Å². The van der Waals surface area contributed by atoms with E-state index in [1.54, 1.807) is 0 Å². The van der Waals surface area contributed by atoms with Crippen LogP contribution in [0.15, 0.2) is 6.20 Å². The lowest BCUT2D eigenvalue weighted by Gasteiger charge is -2.14. The Morgan fingerprint density at radius 1 is 1.41 bits per heavy atom. The maximum atomic E-state index is 12.6. The molecule has 1 N–H and O–H groups in total. The van der Waals surface area contributed by atoms with Crippen molar-refractivity contribution in [3.8, 4) is 0 Å². The number of carboxylic acid groups (broad SMARTS) is 1. The predicted octanol–water partition coefficient (Wildman–Crippen LogP) is 3.04. The minimum Gasteiger partial charge on any atom is -0.478 e. The van der Waals surface area contributed by atoms with Crippen molar-refractivity contribution in [3.05, 3.63) is 28.6 Å². The molecule has 0 radical (unpaired) electrons. The van der Waals surface area contributed by atoms with E-state index in [2.05, 4.69) is 4.98 Å². The van der Waals surface area contributed by atoms with Gasteiger partial charge in [-0.3, -0.25) is 4.98 Å². The first kappa shape index (κ1) is 13.3. The van der Waals surface area contributed by atoms with Crippen LogP contribution in [-0.2, 0) is 6.18 Å². The van der Waals surface area contributed by atoms with Crippen molar-refractivity contribution in [2.75, 3.05) is 0 Å². The average Bonchev–Trinajstić information content (AvgIpc) is 2.14. The minimum absolute atomic E-state index is 0.301. The summed E-state index contributed by atoms with van der Waals surface area (Å²) in [6.07, 6.45) is -7.83. The van der Waals surface area contributed by atoms with Crippen LogP contribution in [0.25, 0.3) is 0 Å². The number of carboxylic acids is 1. The number of nitrogens with zero attached hydrogens (tertiary/aromatic N) is 1. The second-order valence-corrected chi connectivity index (χ2v) is 3.18. The summed E-state index contributed by atoms with van der Waals surface area (Å²) in [7, 11) is 0. The fourth-order valence-corrected chi connectivity index (χ4v) is 1.33. The average molecular weight is 255 g/mol. The largest absolute Gasteiger partial charge is 0.478 e. The predicted molar refractivity (Wildman–Crippen MR) is 45.9 cm³/mol. The van der Waals surface area contributed by atoms with E-state index < -0.39 is 35.4 Å². The van der Waals surface area contributed by atoms with Crippen molar-refractivity contribution < 1.29 is 31.9 Å². The van der Waals surface area contributed by atoms with Crippen molar-refractivity contribution >= 4 is 5.97 Å². The lowest BCUT2D eigenvalue weighted by Crippen LogP contribution is -2.18. The zero-order valence-corrected chi connectivity index (χ0v) is 8.35. The van der Waals surface area contributed by atoms with Crippen LogP contribution in [-0.4, -0.2) is 16.1 Å². The summed E-state index contributed by atoms with van der Waals surface area (Å²) in [5.74, 6) is -2.08. The summed E-state index contributed by atoms with van der Waals surface area (Å²) in [6.45, 7) is 1.07. The first-order chi connectivity index (χ1) is 7.66. The smallest absolute Gasteiger partial charge is 0.434 e. The van der Waals surface area contributed by atoms with Gasteiger partial charge in [-0.25, -0.2) is 13.6 Å². The molecule has 17 heavy (non-hydrogen) atoms. The number of aryl methyl sites for hydroxylation is 1. The number of hydrogen-bond donors (Lipinski definition) is 1. The van der Waals surface area contributed by atoms with Gasteiger partial charge in [-0.2, -0.15) is 13.2 Å². The second-order valence-electron chi connectivity index (χ2n) is 3.18. The first-order valence-electron chi connectivity index (χ1n) is 4.24. The number of halogens is 5. The highest BCUT2D eigenvalue weighted by atomic mass is 19.4. The van der Waals surface area contributed by atoms with Gasteiger partial charge in [0.05, 0.1) is 5.56 Å². The molecule has 1 rings (SSSR count). The second kappa shape index (κ2) is 4.27. The third kappa shape index (κ3) is 2.51. The minimum atomic E-state index is -5.09. The van der Waals surface area contributed by atoms with Gasteiger partial charge in [-0.15, -0.1) is 0 Å². The van der Waals surface area contributed by atoms with E-state index in [0.717, 1.165) is 6.92 Å². The van der Waals surface area contributed by atoms with E-state index in [4.69, 9.17) is 5.11 Å². The molecule has 8 heteroatoms. The van der Waals surface area contributed by atoms with E-state index in [1.165, 1.54) is 0 Å². The molecular weight excluding hydrogens is 249 g/mol. The Hall–Kier alpha value is -1.73. The van der Waals surface area contributed by atoms with Gasteiger partial charge in [0.1, 0.15) is 0 Å². The summed E-state index contributed by atoms with van der Waals surface area (Å²) >= 11 is 0. The van der Waals surface area contributed by atoms with E-state index in [9.17, 15) is 26.7 Å². The van der Waals surface area contributed by atoms with Crippen LogP contribution < -0.4 is 0 Å². The van der Waals surface area contributed by atoms with Crippen LogP contribution in [0.4, 0.5) is 22.0 Å². The molecule has 1 aromatic heterocycles. The maximum absolute atomic E-state index is 12.6. The summed E-state index contributed by atoms with van der Waals surface area (Å²) in [5, 5.41) is 8.61. The van der Waals surface area contributed by atoms with Crippen molar-refractivity contribution in [3.63, 3.8) is 0 Å². The molecule has 0 atom stereocenters. The third-order valence-electron chi connectivity index (χ3n) is 2.02. The molecule has 0 bridgehead atoms. The Balaban J connectivity index is 3.66. The summed E-state index contributed by atoms with van der Waals surface area (Å²) in [4.78, 5) is 13.5. The standard InChI is InChI=1S/C9H6F5NO2/c1-3-2-15-6(9(12,13)14)5(8(16)17)4(3)7(10)11/h2,7H,1H3,(H,16,17). The van der Waals surface area contributed by atoms with Gasteiger partial charge in [-0.1, -0.05) is 0 Å². The van der Waals surface area contributed by atoms with Crippen LogP contribution in [0.3, 0.4) is 0 Å². The number of carbonyl (C=O) groups is 1. The van der Waals surface area contributed by atoms with Crippen molar-refractivity contribution in [1.82, 2.24) is 4.98 Å². The molecule has 0 unspecified atom stereocenters. The summed E-state index contributed by atoms with van der Waals surface area (Å²) in [6, 6.07) is 0. The highest BCUT2D eigenvalue weighted by molar-refractivity contribution is 5.91. The molecule has 0 fully saturated rings. The van der Waals surface area contributed by atoms with Gasteiger partial charge < -0.3 is 5.11 Å². The SMILES string of the molecule is Cc1cnc(C(F)(F)F)c(C(=O)O)c1C(F)F. The Kier molecular flexibility index (Phi) is 3.35. The molecule has 0 aliphatic rings. The molecule has 3 nitrogen and oxygen atoms in total. The Morgan fingerprint density at radius 2 is 1.94 bits per heavy atom. The molecule has 0 amide bonds. The highest BCUT2D eigenvalue weighted by Gasteiger charge is 2.40. The lowest BCUT2D eigenvalue weighted by molar-refractivity contribution is -0.141. The van der Waals surface area contributed by atoms with Gasteiger partial charge in [0.15, 0.2) is 5.69 Å². The molecule has 94 valence electrons. The van der Waals surface area contributed by atoms with Crippen molar-refractivity contribution in [2.45, 2.75) is 19.5 Å². The molecular formula is C9H6F5NO2. The zero-order chi connectivity index (χ0) is 13.4. The molecule has 1 heterocycles. The fourth-order valence-electron chi connectivity index (χ4n) is 1.33. The summed E-state index contributed by atoms with van der Waals surface area (Å²) < 4.78 is 62.4. The van der Waals surface area contributed by atoms with Gasteiger partial charge in [0.2, 0.25) is 0 Å². The van der Waals surface area contributed by atoms with Crippen LogP contribution in [0.5, 0.6) is 0 Å². The number of rotatable bonds is 2. The molecule has 1 aromatic rings. The van der Waals surface area contributed by atoms with Gasteiger partial charge in [0, 0.05) is 11.8 Å². The molecule has 0 spiro atoms. The number of hydrogen-bond acceptors (Lipinski definition) is 2. The topological polar surface area (TPSA) is 50.2 Å². The Morgan fingerprint density at radius 3 is 2.29 bits per heavy atom. The molecule has 0 saturated carbocycles. The normalized spacial score (nSPS) is 11.9. The van der Waals surface area contributed by atoms with E-state index in [1.807, 2.05) is 0 Å². The third-order valence-corrected chi connectivity index (χ3v) is 2.02. The highest BCUT2D eigenvalue weighted by Crippen LogP contribution is 2.36. The molecule has 0 aliphatic heterocycles. The van der Waals surface area contributed by atoms with Crippen LogP contribution >= 0.6 is 0 Å². The fraction of sp³-hybridized carbons (Fsp3) is 0.333. The van der Waals surface area contributed by atoms with E-state index in [-0.39, 0.29) is 5.56 Å². The van der Waals surface area contributed by atoms with Gasteiger partial charge >= 0.3 is 12.1 Å². The molecule has 0 aliphatic carbocycles.